The highest BCUT2D eigenvalue weighted by atomic mass is 35.5. The van der Waals surface area contributed by atoms with Gasteiger partial charge in [0.2, 0.25) is 5.91 Å². The molecule has 1 aliphatic carbocycles. The molecule has 3 amide bonds. The van der Waals surface area contributed by atoms with Crippen molar-refractivity contribution in [3.05, 3.63) is 69.1 Å². The molecule has 1 saturated carbocycles. The Balaban J connectivity index is 1.03. The van der Waals surface area contributed by atoms with E-state index >= 15 is 0 Å². The third kappa shape index (κ3) is 7.60. The van der Waals surface area contributed by atoms with Crippen molar-refractivity contribution in [2.45, 2.75) is 76.7 Å². The van der Waals surface area contributed by atoms with Gasteiger partial charge in [-0.25, -0.2) is 4.79 Å². The van der Waals surface area contributed by atoms with E-state index in [2.05, 4.69) is 20.5 Å². The normalized spacial score (nSPS) is 21.5. The van der Waals surface area contributed by atoms with Crippen molar-refractivity contribution in [1.82, 2.24) is 20.1 Å². The molecule has 246 valence electrons. The highest BCUT2D eigenvalue weighted by Gasteiger charge is 2.33. The molecule has 1 unspecified atom stereocenters. The van der Waals surface area contributed by atoms with Crippen molar-refractivity contribution >= 4 is 51.9 Å². The van der Waals surface area contributed by atoms with Crippen LogP contribution in [0.4, 0.5) is 21.9 Å². The summed E-state index contributed by atoms with van der Waals surface area (Å²) in [5, 5.41) is 20.0. The summed E-state index contributed by atoms with van der Waals surface area (Å²) in [6.07, 6.45) is 8.53. The number of urea groups is 1. The lowest BCUT2D eigenvalue weighted by atomic mass is 9.82. The lowest BCUT2D eigenvalue weighted by Crippen LogP contribution is -2.56. The van der Waals surface area contributed by atoms with Crippen LogP contribution in [0.3, 0.4) is 0 Å². The molecule has 5 N–H and O–H groups in total. The molecule has 6 rings (SSSR count). The summed E-state index contributed by atoms with van der Waals surface area (Å²) in [6.45, 7) is 5.26. The monoisotopic (exact) mass is 665 g/mol. The first-order valence-electron chi connectivity index (χ1n) is 16.3. The van der Waals surface area contributed by atoms with Crippen LogP contribution >= 0.6 is 22.9 Å². The molecule has 1 aromatic carbocycles. The first kappa shape index (κ1) is 32.6. The predicted octanol–water partition coefficient (Wildman–Crippen LogP) is 5.24. The number of nitrogens with zero attached hydrogens (tertiary/aromatic N) is 4. The number of nitrogens with one attached hydrogen (secondary N) is 2. The molecule has 0 spiro atoms. The van der Waals surface area contributed by atoms with Crippen LogP contribution in [0.5, 0.6) is 0 Å². The number of halogens is 1. The molecular formula is C34H44ClN7O3S. The van der Waals surface area contributed by atoms with E-state index in [0.717, 1.165) is 67.7 Å². The largest absolute Gasteiger partial charge is 0.397 e. The minimum atomic E-state index is -0.819. The van der Waals surface area contributed by atoms with Crippen molar-refractivity contribution in [1.29, 1.82) is 0 Å². The Kier molecular flexibility index (Phi) is 10.3. The number of piperazine rings is 1. The van der Waals surface area contributed by atoms with Gasteiger partial charge >= 0.3 is 6.03 Å². The summed E-state index contributed by atoms with van der Waals surface area (Å²) in [4.78, 5) is 38.1. The number of pyridine rings is 1. The third-order valence-electron chi connectivity index (χ3n) is 9.81. The van der Waals surface area contributed by atoms with Crippen LogP contribution in [0.15, 0.2) is 48.1 Å². The van der Waals surface area contributed by atoms with Gasteiger partial charge < -0.3 is 30.9 Å². The van der Waals surface area contributed by atoms with E-state index in [1.165, 1.54) is 4.88 Å². The molecule has 10 nitrogen and oxygen atoms in total. The molecule has 2 aliphatic heterocycles. The Labute approximate surface area is 279 Å². The van der Waals surface area contributed by atoms with Gasteiger partial charge in [-0.3, -0.25) is 15.1 Å². The molecule has 1 saturated heterocycles. The Bertz CT molecular complexity index is 1480. The van der Waals surface area contributed by atoms with E-state index in [0.29, 0.717) is 49.1 Å². The number of carbonyl (C=O) groups excluding carboxylic acids is 2. The van der Waals surface area contributed by atoms with Gasteiger partial charge in [-0.15, -0.1) is 11.3 Å². The fraction of sp³-hybridized carbons (Fsp3) is 0.500. The second kappa shape index (κ2) is 14.6. The average molecular weight is 666 g/mol. The van der Waals surface area contributed by atoms with Gasteiger partial charge in [-0.05, 0) is 98.6 Å². The minimum Gasteiger partial charge on any atom is -0.397 e. The van der Waals surface area contributed by atoms with E-state index in [-0.39, 0.29) is 18.0 Å². The van der Waals surface area contributed by atoms with Gasteiger partial charge in [-0.1, -0.05) is 17.7 Å². The van der Waals surface area contributed by atoms with Crippen LogP contribution in [0.1, 0.15) is 54.5 Å². The maximum Gasteiger partial charge on any atom is 0.322 e. The highest BCUT2D eigenvalue weighted by Crippen LogP contribution is 2.35. The number of rotatable bonds is 10. The van der Waals surface area contributed by atoms with Crippen LogP contribution in [0.2, 0.25) is 5.02 Å². The van der Waals surface area contributed by atoms with Crippen LogP contribution in [0, 0.1) is 12.8 Å². The van der Waals surface area contributed by atoms with Crippen molar-refractivity contribution < 1.29 is 14.7 Å². The molecule has 46 heavy (non-hydrogen) atoms. The number of fused-ring (bicyclic) bond motifs is 1. The van der Waals surface area contributed by atoms with E-state index < -0.39 is 12.3 Å². The second-order valence-corrected chi connectivity index (χ2v) is 14.2. The molecule has 0 bridgehead atoms. The van der Waals surface area contributed by atoms with Crippen LogP contribution in [-0.4, -0.2) is 76.3 Å². The summed E-state index contributed by atoms with van der Waals surface area (Å²) in [6, 6.07) is 9.38. The van der Waals surface area contributed by atoms with Gasteiger partial charge in [0.25, 0.3) is 0 Å². The number of aromatic nitrogens is 1. The summed E-state index contributed by atoms with van der Waals surface area (Å²) >= 11 is 8.10. The first-order valence-corrected chi connectivity index (χ1v) is 17.6. The summed E-state index contributed by atoms with van der Waals surface area (Å²) in [7, 11) is 0. The molecule has 3 aromatic rings. The number of hydrogen-bond donors (Lipinski definition) is 4. The summed E-state index contributed by atoms with van der Waals surface area (Å²) < 4.78 is 0. The number of hydrogen-bond acceptors (Lipinski definition) is 8. The fourth-order valence-corrected chi connectivity index (χ4v) is 8.21. The Morgan fingerprint density at radius 1 is 1.15 bits per heavy atom. The minimum absolute atomic E-state index is 0.000967. The lowest BCUT2D eigenvalue weighted by Gasteiger charge is -2.39. The Morgan fingerprint density at radius 3 is 2.61 bits per heavy atom. The molecule has 12 heteroatoms. The topological polar surface area (TPSA) is 127 Å². The zero-order chi connectivity index (χ0) is 32.2. The number of nitrogens with two attached hydrogens (primary N) is 1. The van der Waals surface area contributed by atoms with E-state index in [9.17, 15) is 14.7 Å². The van der Waals surface area contributed by atoms with Crippen LogP contribution < -0.4 is 21.3 Å². The highest BCUT2D eigenvalue weighted by molar-refractivity contribution is 7.10. The SMILES string of the molecule is Cc1cc(C[C@@H](NC(O)CCC2CCC(N3Cc4sccc4NC3=O)CC2)C(=O)N2CCN(c3ccncc3)CC2)cc(Cl)c1N. The maximum absolute atomic E-state index is 13.9. The number of benzene rings is 1. The molecule has 4 heterocycles. The van der Waals surface area contributed by atoms with Crippen molar-refractivity contribution in [2.75, 3.05) is 42.1 Å². The maximum atomic E-state index is 13.9. The van der Waals surface area contributed by atoms with Gasteiger partial charge in [0.05, 0.1) is 29.0 Å². The standard InChI is InChI=1S/C34H44ClN7O3S/c1-22-18-24(19-27(35)32(22)36)20-29(33(44)41-15-13-40(14-16-41)25-8-11-37-12-9-25)38-31(43)7-4-23-2-5-26(6-3-23)42-21-30-28(10-17-46-30)39-34(42)45/h8-12,17-19,23,26,29,31,38,43H,2-7,13-16,20-21,36H2,1H3,(H,39,45)/t23?,26?,29-,31?/m1/s1. The zero-order valence-corrected chi connectivity index (χ0v) is 27.9. The number of thiophene rings is 1. The second-order valence-electron chi connectivity index (χ2n) is 12.8. The van der Waals surface area contributed by atoms with E-state index in [4.69, 9.17) is 17.3 Å². The fourth-order valence-electron chi connectivity index (χ4n) is 7.09. The number of aliphatic hydroxyl groups excluding tert-OH is 1. The predicted molar refractivity (Wildman–Crippen MR) is 184 cm³/mol. The van der Waals surface area contributed by atoms with E-state index in [1.807, 2.05) is 52.4 Å². The summed E-state index contributed by atoms with van der Waals surface area (Å²) in [5.41, 5.74) is 10.4. The zero-order valence-electron chi connectivity index (χ0n) is 26.3. The van der Waals surface area contributed by atoms with Crippen molar-refractivity contribution in [3.8, 4) is 0 Å². The third-order valence-corrected chi connectivity index (χ3v) is 11.0. The number of nitrogen functional groups attached to an aromatic ring is 1. The molecule has 2 atom stereocenters. The number of carbonyl (C=O) groups is 2. The Hall–Kier alpha value is -3.38. The quantitative estimate of drug-likeness (QED) is 0.172. The molecule has 2 fully saturated rings. The van der Waals surface area contributed by atoms with Gasteiger partial charge in [0.1, 0.15) is 6.23 Å². The van der Waals surface area contributed by atoms with Crippen molar-refractivity contribution in [2.24, 2.45) is 5.92 Å². The van der Waals surface area contributed by atoms with E-state index in [1.54, 1.807) is 23.7 Å². The molecule has 0 radical (unpaired) electrons. The molecule has 3 aliphatic rings. The molecule has 2 aromatic heterocycles. The van der Waals surface area contributed by atoms with Crippen molar-refractivity contribution in [3.63, 3.8) is 0 Å². The number of amides is 3. The summed E-state index contributed by atoms with van der Waals surface area (Å²) in [5.74, 6) is 0.458. The average Bonchev–Trinajstić information content (AvgIpc) is 3.53. The van der Waals surface area contributed by atoms with Gasteiger partial charge in [0, 0.05) is 55.2 Å². The number of aliphatic hydroxyl groups is 1. The number of aryl methyl sites for hydroxylation is 1. The molecular weight excluding hydrogens is 622 g/mol. The van der Waals surface area contributed by atoms with Crippen LogP contribution in [-0.2, 0) is 17.8 Å². The first-order chi connectivity index (χ1) is 22.2. The number of anilines is 3. The smallest absolute Gasteiger partial charge is 0.322 e. The Morgan fingerprint density at radius 2 is 1.89 bits per heavy atom. The van der Waals surface area contributed by atoms with Crippen LogP contribution in [0.25, 0.3) is 0 Å². The lowest BCUT2D eigenvalue weighted by molar-refractivity contribution is -0.134. The van der Waals surface area contributed by atoms with Gasteiger partial charge in [-0.2, -0.15) is 0 Å². The van der Waals surface area contributed by atoms with Gasteiger partial charge in [0.15, 0.2) is 0 Å².